The molecule has 1 aliphatic rings. The quantitative estimate of drug-likeness (QED) is 0.546. The third-order valence-electron chi connectivity index (χ3n) is 5.67. The lowest BCUT2D eigenvalue weighted by atomic mass is 10.0. The van der Waals surface area contributed by atoms with Crippen LogP contribution in [0.3, 0.4) is 0 Å². The number of carbonyl (C=O) groups excluding carboxylic acids is 3. The van der Waals surface area contributed by atoms with Crippen molar-refractivity contribution >= 4 is 23.9 Å². The summed E-state index contributed by atoms with van der Waals surface area (Å²) >= 11 is 0. The molecule has 0 aliphatic carbocycles. The van der Waals surface area contributed by atoms with Crippen molar-refractivity contribution in [2.75, 3.05) is 19.7 Å². The Hall–Kier alpha value is -2.57. The fraction of sp³-hybridized carbons (Fsp3) is 0.609. The third-order valence-corrected chi connectivity index (χ3v) is 5.67. The first-order valence-electron chi connectivity index (χ1n) is 10.8. The van der Waals surface area contributed by atoms with Gasteiger partial charge < -0.3 is 19.5 Å². The number of hydrogen-bond donors (Lipinski definition) is 1. The van der Waals surface area contributed by atoms with Crippen LogP contribution >= 0.6 is 0 Å². The second-order valence-electron chi connectivity index (χ2n) is 8.02. The van der Waals surface area contributed by atoms with Gasteiger partial charge in [0.25, 0.3) is 0 Å². The Kier molecular flexibility index (Phi) is 8.26. The van der Waals surface area contributed by atoms with Crippen molar-refractivity contribution in [3.8, 4) is 0 Å². The number of hydrogen-bond acceptors (Lipinski definition) is 4. The molecule has 1 aliphatic heterocycles. The molecule has 1 aromatic heterocycles. The molecule has 7 heteroatoms. The van der Waals surface area contributed by atoms with E-state index in [2.05, 4.69) is 5.32 Å². The first-order chi connectivity index (χ1) is 14.2. The SMILES string of the molecule is CCOC(=O)c1c(/C=C/C(=O)NC2CCN(C(=O)C(C)C)CC2)c(C)n(CC)c1C. The van der Waals surface area contributed by atoms with Crippen molar-refractivity contribution in [1.82, 2.24) is 14.8 Å². The van der Waals surface area contributed by atoms with E-state index in [1.54, 1.807) is 13.0 Å². The minimum atomic E-state index is -0.368. The summed E-state index contributed by atoms with van der Waals surface area (Å²) in [6, 6.07) is 0.0472. The van der Waals surface area contributed by atoms with E-state index in [1.807, 2.05) is 44.1 Å². The molecule has 0 aromatic carbocycles. The molecule has 0 saturated carbocycles. The normalized spacial score (nSPS) is 15.1. The number of nitrogens with zero attached hydrogens (tertiary/aromatic N) is 2. The van der Waals surface area contributed by atoms with Crippen LogP contribution in [0.2, 0.25) is 0 Å². The highest BCUT2D eigenvalue weighted by molar-refractivity contribution is 5.98. The second-order valence-corrected chi connectivity index (χ2v) is 8.02. The minimum Gasteiger partial charge on any atom is -0.462 e. The number of ether oxygens (including phenoxy) is 1. The van der Waals surface area contributed by atoms with E-state index in [9.17, 15) is 14.4 Å². The summed E-state index contributed by atoms with van der Waals surface area (Å²) < 4.78 is 7.26. The van der Waals surface area contributed by atoms with E-state index in [4.69, 9.17) is 4.74 Å². The summed E-state index contributed by atoms with van der Waals surface area (Å²) in [6.45, 7) is 13.8. The van der Waals surface area contributed by atoms with E-state index in [0.29, 0.717) is 25.3 Å². The molecule has 0 spiro atoms. The van der Waals surface area contributed by atoms with Crippen LogP contribution in [-0.4, -0.2) is 53.0 Å². The number of rotatable bonds is 7. The van der Waals surface area contributed by atoms with E-state index in [0.717, 1.165) is 36.3 Å². The smallest absolute Gasteiger partial charge is 0.340 e. The van der Waals surface area contributed by atoms with Crippen LogP contribution in [0.25, 0.3) is 6.08 Å². The fourth-order valence-corrected chi connectivity index (χ4v) is 4.06. The molecular weight excluding hydrogens is 382 g/mol. The predicted molar refractivity (Wildman–Crippen MR) is 117 cm³/mol. The van der Waals surface area contributed by atoms with Gasteiger partial charge in [0.1, 0.15) is 0 Å². The third kappa shape index (κ3) is 5.32. The Balaban J connectivity index is 2.07. The first kappa shape index (κ1) is 23.7. The van der Waals surface area contributed by atoms with Gasteiger partial charge in [-0.15, -0.1) is 0 Å². The van der Waals surface area contributed by atoms with Gasteiger partial charge in [-0.05, 0) is 46.6 Å². The highest BCUT2D eigenvalue weighted by atomic mass is 16.5. The average Bonchev–Trinajstić information content (AvgIpc) is 2.95. The molecular formula is C23H35N3O4. The Labute approximate surface area is 179 Å². The van der Waals surface area contributed by atoms with Gasteiger partial charge in [-0.2, -0.15) is 0 Å². The number of carbonyl (C=O) groups is 3. The van der Waals surface area contributed by atoms with E-state index >= 15 is 0 Å². The maximum Gasteiger partial charge on any atom is 0.340 e. The van der Waals surface area contributed by atoms with E-state index in [-0.39, 0.29) is 29.7 Å². The van der Waals surface area contributed by atoms with Gasteiger partial charge in [-0.25, -0.2) is 4.79 Å². The van der Waals surface area contributed by atoms with Crippen LogP contribution in [0.5, 0.6) is 0 Å². The molecule has 1 saturated heterocycles. The molecule has 1 N–H and O–H groups in total. The largest absolute Gasteiger partial charge is 0.462 e. The molecule has 0 radical (unpaired) electrons. The van der Waals surface area contributed by atoms with Gasteiger partial charge in [0, 0.05) is 54.6 Å². The standard InChI is InChI=1S/C23H35N3O4/c1-7-26-16(5)19(21(17(26)6)23(29)30-8-2)9-10-20(27)24-18-11-13-25(14-12-18)22(28)15(3)4/h9-10,15,18H,7-8,11-14H2,1-6H3,(H,24,27)/b10-9+. The van der Waals surface area contributed by atoms with Gasteiger partial charge in [-0.1, -0.05) is 13.8 Å². The zero-order chi connectivity index (χ0) is 22.4. The highest BCUT2D eigenvalue weighted by Crippen LogP contribution is 2.25. The van der Waals surface area contributed by atoms with Crippen molar-refractivity contribution < 1.29 is 19.1 Å². The van der Waals surface area contributed by atoms with E-state index < -0.39 is 0 Å². The zero-order valence-corrected chi connectivity index (χ0v) is 19.1. The first-order valence-corrected chi connectivity index (χ1v) is 10.8. The van der Waals surface area contributed by atoms with Crippen LogP contribution in [0.15, 0.2) is 6.08 Å². The van der Waals surface area contributed by atoms with Crippen molar-refractivity contribution in [2.24, 2.45) is 5.92 Å². The minimum absolute atomic E-state index is 0.00482. The van der Waals surface area contributed by atoms with Crippen LogP contribution in [0, 0.1) is 19.8 Å². The monoisotopic (exact) mass is 417 g/mol. The van der Waals surface area contributed by atoms with Gasteiger partial charge in [0.2, 0.25) is 11.8 Å². The van der Waals surface area contributed by atoms with Crippen molar-refractivity contribution in [3.63, 3.8) is 0 Å². The lowest BCUT2D eigenvalue weighted by Gasteiger charge is -2.33. The summed E-state index contributed by atoms with van der Waals surface area (Å²) in [6.07, 6.45) is 4.68. The van der Waals surface area contributed by atoms with Gasteiger partial charge in [0.05, 0.1) is 12.2 Å². The van der Waals surface area contributed by atoms with Gasteiger partial charge >= 0.3 is 5.97 Å². The molecule has 2 rings (SSSR count). The molecule has 166 valence electrons. The summed E-state index contributed by atoms with van der Waals surface area (Å²) in [7, 11) is 0. The summed E-state index contributed by atoms with van der Waals surface area (Å²) in [4.78, 5) is 38.9. The Morgan fingerprint density at radius 1 is 1.13 bits per heavy atom. The number of esters is 1. The number of nitrogens with one attached hydrogen (secondary N) is 1. The molecule has 2 heterocycles. The van der Waals surface area contributed by atoms with Crippen molar-refractivity contribution in [1.29, 1.82) is 0 Å². The predicted octanol–water partition coefficient (Wildman–Crippen LogP) is 3.08. The number of piperidine rings is 1. The average molecular weight is 418 g/mol. The molecule has 2 amide bonds. The molecule has 0 unspecified atom stereocenters. The van der Waals surface area contributed by atoms with Crippen molar-refractivity contribution in [2.45, 2.75) is 67.0 Å². The lowest BCUT2D eigenvalue weighted by molar-refractivity contribution is -0.135. The van der Waals surface area contributed by atoms with Crippen molar-refractivity contribution in [3.05, 3.63) is 28.6 Å². The fourth-order valence-electron chi connectivity index (χ4n) is 4.06. The number of amides is 2. The lowest BCUT2D eigenvalue weighted by Crippen LogP contribution is -2.47. The second kappa shape index (κ2) is 10.5. The number of aromatic nitrogens is 1. The Bertz CT molecular complexity index is 815. The molecule has 0 bridgehead atoms. The molecule has 0 atom stereocenters. The maximum absolute atomic E-state index is 12.5. The molecule has 1 aromatic rings. The van der Waals surface area contributed by atoms with Crippen LogP contribution in [0.4, 0.5) is 0 Å². The Morgan fingerprint density at radius 3 is 2.30 bits per heavy atom. The highest BCUT2D eigenvalue weighted by Gasteiger charge is 2.25. The molecule has 1 fully saturated rings. The maximum atomic E-state index is 12.5. The van der Waals surface area contributed by atoms with Crippen LogP contribution in [0.1, 0.15) is 67.8 Å². The Morgan fingerprint density at radius 2 is 1.77 bits per heavy atom. The number of likely N-dealkylation sites (tertiary alicyclic amines) is 1. The van der Waals surface area contributed by atoms with Gasteiger partial charge in [-0.3, -0.25) is 9.59 Å². The van der Waals surface area contributed by atoms with E-state index in [1.165, 1.54) is 6.08 Å². The summed E-state index contributed by atoms with van der Waals surface area (Å²) in [5.41, 5.74) is 3.01. The van der Waals surface area contributed by atoms with Crippen LogP contribution in [-0.2, 0) is 20.9 Å². The van der Waals surface area contributed by atoms with Crippen LogP contribution < -0.4 is 5.32 Å². The molecule has 30 heavy (non-hydrogen) atoms. The summed E-state index contributed by atoms with van der Waals surface area (Å²) in [5, 5.41) is 3.02. The molecule has 7 nitrogen and oxygen atoms in total. The summed E-state index contributed by atoms with van der Waals surface area (Å²) in [5.74, 6) is -0.403. The van der Waals surface area contributed by atoms with Gasteiger partial charge in [0.15, 0.2) is 0 Å². The topological polar surface area (TPSA) is 80.6 Å². The zero-order valence-electron chi connectivity index (χ0n) is 19.1.